The molecule has 0 aliphatic heterocycles. The fourth-order valence-corrected chi connectivity index (χ4v) is 5.06. The van der Waals surface area contributed by atoms with Crippen LogP contribution in [-0.2, 0) is 9.53 Å². The van der Waals surface area contributed by atoms with Crippen molar-refractivity contribution in [2.45, 2.75) is 76.9 Å². The van der Waals surface area contributed by atoms with E-state index < -0.39 is 0 Å². The number of rotatable bonds is 5. The summed E-state index contributed by atoms with van der Waals surface area (Å²) in [6.45, 7) is 3.59. The van der Waals surface area contributed by atoms with E-state index in [-0.39, 0.29) is 24.2 Å². The minimum Gasteiger partial charge on any atom is -0.376 e. The third kappa shape index (κ3) is 4.86. The van der Waals surface area contributed by atoms with Gasteiger partial charge in [0.25, 0.3) is 0 Å². The average molecular weight is 359 g/mol. The molecular formula is C19H35ClN2O2. The highest BCUT2D eigenvalue weighted by Gasteiger charge is 2.40. The van der Waals surface area contributed by atoms with Crippen molar-refractivity contribution in [1.29, 1.82) is 0 Å². The van der Waals surface area contributed by atoms with Crippen molar-refractivity contribution in [3.63, 3.8) is 0 Å². The number of hydrogen-bond acceptors (Lipinski definition) is 3. The molecule has 3 aliphatic rings. The van der Waals surface area contributed by atoms with Gasteiger partial charge in [-0.15, -0.1) is 12.4 Å². The van der Waals surface area contributed by atoms with Crippen molar-refractivity contribution in [3.8, 4) is 0 Å². The monoisotopic (exact) mass is 358 g/mol. The van der Waals surface area contributed by atoms with Crippen molar-refractivity contribution >= 4 is 18.3 Å². The van der Waals surface area contributed by atoms with Gasteiger partial charge in [-0.05, 0) is 56.3 Å². The lowest BCUT2D eigenvalue weighted by molar-refractivity contribution is -0.128. The molecule has 24 heavy (non-hydrogen) atoms. The predicted molar refractivity (Wildman–Crippen MR) is 99.2 cm³/mol. The second-order valence-electron chi connectivity index (χ2n) is 8.16. The van der Waals surface area contributed by atoms with Crippen molar-refractivity contribution in [2.75, 3.05) is 13.2 Å². The molecule has 0 spiro atoms. The van der Waals surface area contributed by atoms with Crippen molar-refractivity contribution in [2.24, 2.45) is 29.4 Å². The quantitative estimate of drug-likeness (QED) is 0.741. The Morgan fingerprint density at radius 3 is 2.42 bits per heavy atom. The van der Waals surface area contributed by atoms with Crippen LogP contribution in [0.1, 0.15) is 64.7 Å². The van der Waals surface area contributed by atoms with Gasteiger partial charge in [-0.3, -0.25) is 4.79 Å². The molecule has 0 saturated heterocycles. The topological polar surface area (TPSA) is 64.3 Å². The fraction of sp³-hybridized carbons (Fsp3) is 0.947. The molecule has 0 aromatic rings. The zero-order valence-corrected chi connectivity index (χ0v) is 15.9. The Morgan fingerprint density at radius 2 is 1.75 bits per heavy atom. The van der Waals surface area contributed by atoms with Crippen LogP contribution in [0.3, 0.4) is 0 Å². The van der Waals surface area contributed by atoms with Gasteiger partial charge in [-0.1, -0.05) is 26.2 Å². The number of carbonyl (C=O) groups is 1. The van der Waals surface area contributed by atoms with Crippen molar-refractivity contribution in [1.82, 2.24) is 5.32 Å². The SMILES string of the molecule is CC1CCCCC1OCCNC(=O)C1CC2CCCC(C1)C2N.Cl. The van der Waals surface area contributed by atoms with E-state index >= 15 is 0 Å². The molecule has 3 saturated carbocycles. The third-order valence-electron chi connectivity index (χ3n) is 6.55. The number of nitrogens with two attached hydrogens (primary N) is 1. The highest BCUT2D eigenvalue weighted by atomic mass is 35.5. The molecule has 0 aromatic heterocycles. The van der Waals surface area contributed by atoms with Crippen molar-refractivity contribution < 1.29 is 9.53 Å². The minimum absolute atomic E-state index is 0. The maximum atomic E-state index is 12.4. The summed E-state index contributed by atoms with van der Waals surface area (Å²) in [7, 11) is 0. The highest BCUT2D eigenvalue weighted by Crippen LogP contribution is 2.41. The predicted octanol–water partition coefficient (Wildman–Crippen LogP) is 3.27. The molecule has 3 N–H and O–H groups in total. The summed E-state index contributed by atoms with van der Waals surface area (Å²) in [5, 5.41) is 3.11. The molecule has 2 bridgehead atoms. The Balaban J connectivity index is 0.00000208. The lowest BCUT2D eigenvalue weighted by atomic mass is 9.65. The van der Waals surface area contributed by atoms with Crippen LogP contribution in [0, 0.1) is 23.7 Å². The van der Waals surface area contributed by atoms with Crippen LogP contribution >= 0.6 is 12.4 Å². The molecular weight excluding hydrogens is 324 g/mol. The van der Waals surface area contributed by atoms with E-state index in [1.807, 2.05) is 0 Å². The van der Waals surface area contributed by atoms with E-state index in [9.17, 15) is 4.79 Å². The fourth-order valence-electron chi connectivity index (χ4n) is 5.06. The van der Waals surface area contributed by atoms with Gasteiger partial charge in [0.05, 0.1) is 12.7 Å². The van der Waals surface area contributed by atoms with Crippen LogP contribution in [0.4, 0.5) is 0 Å². The van der Waals surface area contributed by atoms with Gasteiger partial charge in [0.15, 0.2) is 0 Å². The standard InChI is InChI=1S/C19H34N2O2.ClH/c1-13-5-2-3-8-17(13)23-10-9-21-19(22)16-11-14-6-4-7-15(12-16)18(14)20;/h13-18H,2-12,20H2,1H3,(H,21,22);1H. The summed E-state index contributed by atoms with van der Waals surface area (Å²) < 4.78 is 5.99. The van der Waals surface area contributed by atoms with Crippen LogP contribution in [0.15, 0.2) is 0 Å². The summed E-state index contributed by atoms with van der Waals surface area (Å²) in [5.74, 6) is 2.21. The molecule has 0 radical (unpaired) electrons. The second-order valence-corrected chi connectivity index (χ2v) is 8.16. The van der Waals surface area contributed by atoms with E-state index in [4.69, 9.17) is 10.5 Å². The first-order valence-electron chi connectivity index (χ1n) is 9.80. The van der Waals surface area contributed by atoms with Crippen molar-refractivity contribution in [3.05, 3.63) is 0 Å². The normalized spacial score (nSPS) is 38.9. The molecule has 3 aliphatic carbocycles. The largest absolute Gasteiger partial charge is 0.376 e. The molecule has 3 fully saturated rings. The van der Waals surface area contributed by atoms with Gasteiger partial charge >= 0.3 is 0 Å². The maximum Gasteiger partial charge on any atom is 0.223 e. The van der Waals surface area contributed by atoms with Crippen LogP contribution in [-0.4, -0.2) is 31.2 Å². The Labute approximate surface area is 153 Å². The van der Waals surface area contributed by atoms with E-state index in [1.165, 1.54) is 44.9 Å². The maximum absolute atomic E-state index is 12.4. The number of ether oxygens (including phenoxy) is 1. The van der Waals surface area contributed by atoms with Gasteiger partial charge in [-0.25, -0.2) is 0 Å². The number of fused-ring (bicyclic) bond motifs is 2. The smallest absolute Gasteiger partial charge is 0.223 e. The molecule has 140 valence electrons. The van der Waals surface area contributed by atoms with Crippen LogP contribution < -0.4 is 11.1 Å². The molecule has 1 amide bonds. The molecule has 4 atom stereocenters. The lowest BCUT2D eigenvalue weighted by Gasteiger charge is -2.43. The van der Waals surface area contributed by atoms with E-state index in [1.54, 1.807) is 0 Å². The van der Waals surface area contributed by atoms with Gasteiger partial charge in [0.2, 0.25) is 5.91 Å². The first-order valence-corrected chi connectivity index (χ1v) is 9.80. The molecule has 0 aromatic carbocycles. The number of carbonyl (C=O) groups excluding carboxylic acids is 1. The zero-order valence-electron chi connectivity index (χ0n) is 15.0. The number of amides is 1. The van der Waals surface area contributed by atoms with Gasteiger partial charge in [0.1, 0.15) is 0 Å². The summed E-state index contributed by atoms with van der Waals surface area (Å²) in [6, 6.07) is 0.337. The minimum atomic E-state index is 0. The molecule has 4 unspecified atom stereocenters. The molecule has 0 heterocycles. The first-order chi connectivity index (χ1) is 11.1. The van der Waals surface area contributed by atoms with E-state index in [2.05, 4.69) is 12.2 Å². The third-order valence-corrected chi connectivity index (χ3v) is 6.55. The summed E-state index contributed by atoms with van der Waals surface area (Å²) in [4.78, 5) is 12.4. The number of halogens is 1. The summed E-state index contributed by atoms with van der Waals surface area (Å²) in [5.41, 5.74) is 6.31. The summed E-state index contributed by atoms with van der Waals surface area (Å²) >= 11 is 0. The Kier molecular flexibility index (Phi) is 7.83. The Hall–Kier alpha value is -0.320. The zero-order chi connectivity index (χ0) is 16.2. The van der Waals surface area contributed by atoms with Crippen LogP contribution in [0.5, 0.6) is 0 Å². The van der Waals surface area contributed by atoms with Gasteiger partial charge in [-0.2, -0.15) is 0 Å². The van der Waals surface area contributed by atoms with E-state index in [0.29, 0.717) is 43.1 Å². The molecule has 5 heteroatoms. The Morgan fingerprint density at radius 1 is 1.08 bits per heavy atom. The lowest BCUT2D eigenvalue weighted by Crippen LogP contribution is -2.49. The average Bonchev–Trinajstić information content (AvgIpc) is 2.52. The second kappa shape index (κ2) is 9.40. The molecule has 3 rings (SSSR count). The van der Waals surface area contributed by atoms with Crippen LogP contribution in [0.25, 0.3) is 0 Å². The highest BCUT2D eigenvalue weighted by molar-refractivity contribution is 5.85. The van der Waals surface area contributed by atoms with Crippen LogP contribution in [0.2, 0.25) is 0 Å². The first kappa shape index (κ1) is 20.0. The van der Waals surface area contributed by atoms with E-state index in [0.717, 1.165) is 12.8 Å². The molecule has 4 nitrogen and oxygen atoms in total. The van der Waals surface area contributed by atoms with Gasteiger partial charge in [0, 0.05) is 18.5 Å². The number of hydrogen-bond donors (Lipinski definition) is 2. The van der Waals surface area contributed by atoms with Gasteiger partial charge < -0.3 is 15.8 Å². The number of nitrogens with one attached hydrogen (secondary N) is 1. The Bertz CT molecular complexity index is 393. The summed E-state index contributed by atoms with van der Waals surface area (Å²) in [6.07, 6.45) is 11.2.